The number of carboxylic acids is 1. The van der Waals surface area contributed by atoms with Crippen LogP contribution in [0.4, 0.5) is 10.6 Å². The van der Waals surface area contributed by atoms with E-state index >= 15 is 0 Å². The van der Waals surface area contributed by atoms with Crippen molar-refractivity contribution >= 4 is 28.8 Å². The number of nitrogens with one attached hydrogen (secondary N) is 2. The zero-order valence-corrected chi connectivity index (χ0v) is 16.7. The van der Waals surface area contributed by atoms with Crippen molar-refractivity contribution in [2.75, 3.05) is 32.1 Å². The van der Waals surface area contributed by atoms with Gasteiger partial charge in [0.25, 0.3) is 0 Å². The Morgan fingerprint density at radius 3 is 2.57 bits per heavy atom. The number of hydrogen-bond acceptors (Lipinski definition) is 6. The summed E-state index contributed by atoms with van der Waals surface area (Å²) < 4.78 is 10.3. The first-order valence-electron chi connectivity index (χ1n) is 9.06. The second-order valence-corrected chi connectivity index (χ2v) is 7.59. The number of aromatic nitrogens is 1. The number of fused-ring (bicyclic) bond motifs is 1. The van der Waals surface area contributed by atoms with Crippen molar-refractivity contribution < 1.29 is 24.2 Å². The predicted octanol–water partition coefficient (Wildman–Crippen LogP) is 3.52. The molecule has 8 heteroatoms. The number of alkyl carbamates (subject to hydrolysis) is 1. The Morgan fingerprint density at radius 2 is 1.93 bits per heavy atom. The third-order valence-corrected chi connectivity index (χ3v) is 3.81. The van der Waals surface area contributed by atoms with Gasteiger partial charge in [0, 0.05) is 24.5 Å². The lowest BCUT2D eigenvalue weighted by Gasteiger charge is -2.18. The van der Waals surface area contributed by atoms with E-state index in [1.807, 2.05) is 20.8 Å². The third-order valence-electron chi connectivity index (χ3n) is 3.81. The van der Waals surface area contributed by atoms with E-state index in [1.165, 1.54) is 0 Å². The quantitative estimate of drug-likeness (QED) is 0.593. The molecule has 0 aliphatic heterocycles. The van der Waals surface area contributed by atoms with Gasteiger partial charge in [0.05, 0.1) is 19.2 Å². The van der Waals surface area contributed by atoms with Crippen molar-refractivity contribution in [3.63, 3.8) is 0 Å². The average molecular weight is 389 g/mol. The summed E-state index contributed by atoms with van der Waals surface area (Å²) >= 11 is 0. The van der Waals surface area contributed by atoms with Crippen LogP contribution in [-0.4, -0.2) is 49.0 Å². The molecule has 0 saturated heterocycles. The highest BCUT2D eigenvalue weighted by molar-refractivity contribution is 5.98. The summed E-state index contributed by atoms with van der Waals surface area (Å²) in [6, 6.07) is 6.85. The van der Waals surface area contributed by atoms with Crippen LogP contribution in [0.25, 0.3) is 10.9 Å². The van der Waals surface area contributed by atoms with Crippen LogP contribution in [0.2, 0.25) is 0 Å². The minimum absolute atomic E-state index is 0.0867. The first kappa shape index (κ1) is 21.3. The SMILES string of the molecule is COc1ccc2cc(C(=O)O)c(NCCCNC(=O)OCC(C)(C)C)nc2c1. The molecular weight excluding hydrogens is 362 g/mol. The minimum Gasteiger partial charge on any atom is -0.497 e. The summed E-state index contributed by atoms with van der Waals surface area (Å²) in [7, 11) is 1.56. The van der Waals surface area contributed by atoms with Crippen LogP contribution in [0.3, 0.4) is 0 Å². The van der Waals surface area contributed by atoms with Crippen LogP contribution < -0.4 is 15.4 Å². The van der Waals surface area contributed by atoms with Crippen LogP contribution in [0.1, 0.15) is 37.6 Å². The Morgan fingerprint density at radius 1 is 1.18 bits per heavy atom. The van der Waals surface area contributed by atoms with Gasteiger partial charge in [-0.15, -0.1) is 0 Å². The molecule has 0 aliphatic carbocycles. The lowest BCUT2D eigenvalue weighted by molar-refractivity contribution is 0.0697. The summed E-state index contributed by atoms with van der Waals surface area (Å²) in [5.41, 5.74) is 0.641. The zero-order chi connectivity index (χ0) is 20.7. The summed E-state index contributed by atoms with van der Waals surface area (Å²) in [5, 5.41) is 15.9. The second kappa shape index (κ2) is 9.25. The number of amides is 1. The number of carbonyl (C=O) groups is 2. The fourth-order valence-corrected chi connectivity index (χ4v) is 2.39. The maximum absolute atomic E-state index is 11.6. The van der Waals surface area contributed by atoms with E-state index in [0.717, 1.165) is 0 Å². The van der Waals surface area contributed by atoms with Crippen molar-refractivity contribution in [3.05, 3.63) is 29.8 Å². The molecule has 0 fully saturated rings. The zero-order valence-electron chi connectivity index (χ0n) is 16.7. The van der Waals surface area contributed by atoms with E-state index < -0.39 is 12.1 Å². The van der Waals surface area contributed by atoms with Gasteiger partial charge >= 0.3 is 12.1 Å². The number of rotatable bonds is 8. The van der Waals surface area contributed by atoms with Crippen LogP contribution in [0, 0.1) is 5.41 Å². The van der Waals surface area contributed by atoms with Crippen LogP contribution >= 0.6 is 0 Å². The summed E-state index contributed by atoms with van der Waals surface area (Å²) in [5.74, 6) is -0.132. The Bertz CT molecular complexity index is 846. The van der Waals surface area contributed by atoms with Gasteiger partial charge in [-0.25, -0.2) is 14.6 Å². The van der Waals surface area contributed by atoms with Gasteiger partial charge in [-0.05, 0) is 30.0 Å². The molecule has 1 aromatic heterocycles. The lowest BCUT2D eigenvalue weighted by atomic mass is 9.99. The standard InChI is InChI=1S/C20H27N3O5/c1-20(2,3)12-28-19(26)22-9-5-8-21-17-15(18(24)25)10-13-6-7-14(27-4)11-16(13)23-17/h6-7,10-11H,5,8-9,12H2,1-4H3,(H,21,23)(H,22,26)(H,24,25). The van der Waals surface area contributed by atoms with Gasteiger partial charge in [0.15, 0.2) is 0 Å². The van der Waals surface area contributed by atoms with E-state index in [2.05, 4.69) is 15.6 Å². The predicted molar refractivity (Wildman–Crippen MR) is 107 cm³/mol. The van der Waals surface area contributed by atoms with Gasteiger partial charge in [-0.3, -0.25) is 0 Å². The molecule has 0 spiro atoms. The molecule has 1 amide bonds. The van der Waals surface area contributed by atoms with Crippen molar-refractivity contribution in [3.8, 4) is 5.75 Å². The Hall–Kier alpha value is -3.03. The molecule has 28 heavy (non-hydrogen) atoms. The summed E-state index contributed by atoms with van der Waals surface area (Å²) in [6.07, 6.45) is 0.124. The van der Waals surface area contributed by atoms with Gasteiger partial charge in [-0.1, -0.05) is 20.8 Å². The number of methoxy groups -OCH3 is 1. The van der Waals surface area contributed by atoms with Crippen molar-refractivity contribution in [2.24, 2.45) is 5.41 Å². The van der Waals surface area contributed by atoms with Gasteiger partial charge in [0.1, 0.15) is 17.1 Å². The number of ether oxygens (including phenoxy) is 2. The molecule has 0 aliphatic rings. The normalized spacial score (nSPS) is 11.1. The molecule has 3 N–H and O–H groups in total. The monoisotopic (exact) mass is 389 g/mol. The number of aromatic carboxylic acids is 1. The fourth-order valence-electron chi connectivity index (χ4n) is 2.39. The third kappa shape index (κ3) is 6.29. The molecular formula is C20H27N3O5. The van der Waals surface area contributed by atoms with Gasteiger partial charge in [-0.2, -0.15) is 0 Å². The number of anilines is 1. The van der Waals surface area contributed by atoms with Crippen molar-refractivity contribution in [1.29, 1.82) is 0 Å². The molecule has 1 heterocycles. The number of hydrogen-bond donors (Lipinski definition) is 3. The highest BCUT2D eigenvalue weighted by Gasteiger charge is 2.15. The smallest absolute Gasteiger partial charge is 0.407 e. The maximum Gasteiger partial charge on any atom is 0.407 e. The molecule has 0 bridgehead atoms. The largest absolute Gasteiger partial charge is 0.497 e. The topological polar surface area (TPSA) is 110 Å². The van der Waals surface area contributed by atoms with Crippen LogP contribution in [-0.2, 0) is 4.74 Å². The summed E-state index contributed by atoms with van der Waals surface area (Å²) in [4.78, 5) is 27.6. The highest BCUT2D eigenvalue weighted by Crippen LogP contribution is 2.24. The Balaban J connectivity index is 1.93. The highest BCUT2D eigenvalue weighted by atomic mass is 16.5. The molecule has 0 unspecified atom stereocenters. The number of carboxylic acid groups (broad SMARTS) is 1. The Kier molecular flexibility index (Phi) is 7.03. The molecule has 2 aromatic rings. The first-order valence-corrected chi connectivity index (χ1v) is 9.06. The second-order valence-electron chi connectivity index (χ2n) is 7.59. The van der Waals surface area contributed by atoms with E-state index in [9.17, 15) is 14.7 Å². The molecule has 8 nitrogen and oxygen atoms in total. The van der Waals surface area contributed by atoms with E-state index in [-0.39, 0.29) is 16.8 Å². The molecule has 0 atom stereocenters. The van der Waals surface area contributed by atoms with E-state index in [1.54, 1.807) is 31.4 Å². The maximum atomic E-state index is 11.6. The Labute approximate surface area is 164 Å². The van der Waals surface area contributed by atoms with Gasteiger partial charge < -0.3 is 25.2 Å². The van der Waals surface area contributed by atoms with Gasteiger partial charge in [0.2, 0.25) is 0 Å². The molecule has 1 aromatic carbocycles. The summed E-state index contributed by atoms with van der Waals surface area (Å²) in [6.45, 7) is 7.13. The molecule has 2 rings (SSSR count). The number of pyridine rings is 1. The first-order chi connectivity index (χ1) is 13.2. The number of carbonyl (C=O) groups excluding carboxylic acids is 1. The van der Waals surface area contributed by atoms with Crippen LogP contribution in [0.5, 0.6) is 5.75 Å². The van der Waals surface area contributed by atoms with Crippen LogP contribution in [0.15, 0.2) is 24.3 Å². The molecule has 152 valence electrons. The van der Waals surface area contributed by atoms with E-state index in [4.69, 9.17) is 9.47 Å². The molecule has 0 radical (unpaired) electrons. The average Bonchev–Trinajstić information content (AvgIpc) is 2.64. The number of nitrogens with zero attached hydrogens (tertiary/aromatic N) is 1. The van der Waals surface area contributed by atoms with Crippen molar-refractivity contribution in [2.45, 2.75) is 27.2 Å². The lowest BCUT2D eigenvalue weighted by Crippen LogP contribution is -2.29. The van der Waals surface area contributed by atoms with Crippen molar-refractivity contribution in [1.82, 2.24) is 10.3 Å². The van der Waals surface area contributed by atoms with E-state index in [0.29, 0.717) is 42.8 Å². The minimum atomic E-state index is -1.06. The number of benzene rings is 1. The molecule has 0 saturated carbocycles. The fraction of sp³-hybridized carbons (Fsp3) is 0.450.